The summed E-state index contributed by atoms with van der Waals surface area (Å²) in [6.45, 7) is 2.45. The average Bonchev–Trinajstić information content (AvgIpc) is 2.30. The van der Waals surface area contributed by atoms with Crippen LogP contribution < -0.4 is 16.0 Å². The first-order valence-corrected chi connectivity index (χ1v) is 6.19. The van der Waals surface area contributed by atoms with Crippen molar-refractivity contribution in [3.05, 3.63) is 45.4 Å². The van der Waals surface area contributed by atoms with Gasteiger partial charge >= 0.3 is 5.56 Å². The van der Waals surface area contributed by atoms with E-state index < -0.39 is 0 Å². The maximum Gasteiger partial charge on any atom is 0.313 e. The zero-order valence-corrected chi connectivity index (χ0v) is 11.3. The molecule has 2 aromatic rings. The summed E-state index contributed by atoms with van der Waals surface area (Å²) >= 11 is 3.31. The lowest BCUT2D eigenvalue weighted by Crippen LogP contribution is -2.20. The Bertz CT molecular complexity index is 605. The molecule has 0 aliphatic carbocycles. The number of ether oxygens (including phenoxy) is 1. The Balaban J connectivity index is 2.37. The molecule has 1 aromatic heterocycles. The molecular formula is C12H12BrN3O2. The molecule has 94 valence electrons. The normalized spacial score (nSPS) is 10.3. The second kappa shape index (κ2) is 5.22. The van der Waals surface area contributed by atoms with Crippen molar-refractivity contribution >= 4 is 21.6 Å². The smallest absolute Gasteiger partial charge is 0.313 e. The number of aryl methyl sites for hydroxylation is 1. The van der Waals surface area contributed by atoms with Gasteiger partial charge in [0.15, 0.2) is 0 Å². The summed E-state index contributed by atoms with van der Waals surface area (Å²) in [6.07, 6.45) is 3.14. The molecule has 2 rings (SSSR count). The second-order valence-corrected chi connectivity index (χ2v) is 4.56. The molecule has 0 aliphatic heterocycles. The summed E-state index contributed by atoms with van der Waals surface area (Å²) in [7, 11) is 0. The van der Waals surface area contributed by atoms with Gasteiger partial charge in [-0.05, 0) is 19.1 Å². The van der Waals surface area contributed by atoms with Gasteiger partial charge in [-0.2, -0.15) is 0 Å². The van der Waals surface area contributed by atoms with Crippen LogP contribution in [-0.2, 0) is 6.54 Å². The predicted molar refractivity (Wildman–Crippen MR) is 72.8 cm³/mol. The maximum atomic E-state index is 11.9. The van der Waals surface area contributed by atoms with Gasteiger partial charge in [0.25, 0.3) is 5.88 Å². The predicted octanol–water partition coefficient (Wildman–Crippen LogP) is 2.40. The first-order chi connectivity index (χ1) is 8.60. The highest BCUT2D eigenvalue weighted by atomic mass is 79.9. The third-order valence-electron chi connectivity index (χ3n) is 2.33. The lowest BCUT2D eigenvalue weighted by atomic mass is 10.3. The summed E-state index contributed by atoms with van der Waals surface area (Å²) in [5.74, 6) is 0.511. The number of hydrogen-bond donors (Lipinski definition) is 1. The first-order valence-electron chi connectivity index (χ1n) is 5.39. The number of aromatic nitrogens is 2. The second-order valence-electron chi connectivity index (χ2n) is 3.65. The van der Waals surface area contributed by atoms with Crippen molar-refractivity contribution in [2.75, 3.05) is 5.73 Å². The Morgan fingerprint density at radius 1 is 1.44 bits per heavy atom. The third kappa shape index (κ3) is 2.70. The van der Waals surface area contributed by atoms with Crippen molar-refractivity contribution in [1.29, 1.82) is 0 Å². The van der Waals surface area contributed by atoms with Gasteiger partial charge in [0.2, 0.25) is 0 Å². The fourth-order valence-corrected chi connectivity index (χ4v) is 1.99. The van der Waals surface area contributed by atoms with Gasteiger partial charge in [-0.15, -0.1) is 0 Å². The Morgan fingerprint density at radius 3 is 2.89 bits per heavy atom. The van der Waals surface area contributed by atoms with Crippen molar-refractivity contribution in [2.45, 2.75) is 13.5 Å². The molecule has 5 nitrogen and oxygen atoms in total. The molecule has 0 spiro atoms. The van der Waals surface area contributed by atoms with E-state index in [2.05, 4.69) is 20.9 Å². The summed E-state index contributed by atoms with van der Waals surface area (Å²) in [5.41, 5.74) is 5.98. The van der Waals surface area contributed by atoms with Crippen LogP contribution in [0, 0.1) is 0 Å². The standard InChI is InChI=1S/C12H12BrN3O2/c1-2-16-4-3-15-11(12(16)17)18-10-6-8(13)5-9(14)7-10/h3-7H,2,14H2,1H3. The van der Waals surface area contributed by atoms with Gasteiger partial charge in [0.1, 0.15) is 5.75 Å². The summed E-state index contributed by atoms with van der Waals surface area (Å²) in [5, 5.41) is 0. The molecule has 0 saturated carbocycles. The minimum absolute atomic E-state index is 0.0388. The maximum absolute atomic E-state index is 11.9. The Morgan fingerprint density at radius 2 is 2.22 bits per heavy atom. The zero-order valence-electron chi connectivity index (χ0n) is 9.76. The number of rotatable bonds is 3. The molecule has 0 aliphatic rings. The molecule has 0 bridgehead atoms. The van der Waals surface area contributed by atoms with Crippen LogP contribution in [0.25, 0.3) is 0 Å². The fraction of sp³-hybridized carbons (Fsp3) is 0.167. The Kier molecular flexibility index (Phi) is 3.66. The number of nitrogens with two attached hydrogens (primary N) is 1. The van der Waals surface area contributed by atoms with E-state index in [1.54, 1.807) is 24.4 Å². The monoisotopic (exact) mass is 309 g/mol. The van der Waals surface area contributed by atoms with Crippen LogP contribution >= 0.6 is 15.9 Å². The number of halogens is 1. The van der Waals surface area contributed by atoms with E-state index in [1.165, 1.54) is 10.8 Å². The van der Waals surface area contributed by atoms with E-state index in [0.717, 1.165) is 4.47 Å². The van der Waals surface area contributed by atoms with Crippen molar-refractivity contribution in [2.24, 2.45) is 0 Å². The highest BCUT2D eigenvalue weighted by Gasteiger charge is 2.07. The van der Waals surface area contributed by atoms with E-state index >= 15 is 0 Å². The van der Waals surface area contributed by atoms with E-state index in [1.807, 2.05) is 6.92 Å². The lowest BCUT2D eigenvalue weighted by Gasteiger charge is -2.07. The largest absolute Gasteiger partial charge is 0.435 e. The molecular weight excluding hydrogens is 298 g/mol. The van der Waals surface area contributed by atoms with Crippen LogP contribution in [0.4, 0.5) is 5.69 Å². The van der Waals surface area contributed by atoms with Crippen LogP contribution in [-0.4, -0.2) is 9.55 Å². The van der Waals surface area contributed by atoms with E-state index in [4.69, 9.17) is 10.5 Å². The summed E-state index contributed by atoms with van der Waals surface area (Å²) in [6, 6.07) is 5.10. The summed E-state index contributed by atoms with van der Waals surface area (Å²) < 4.78 is 7.76. The van der Waals surface area contributed by atoms with Crippen LogP contribution in [0.15, 0.2) is 39.9 Å². The Labute approximate surface area is 112 Å². The highest BCUT2D eigenvalue weighted by Crippen LogP contribution is 2.25. The van der Waals surface area contributed by atoms with E-state index in [9.17, 15) is 4.79 Å². The van der Waals surface area contributed by atoms with E-state index in [-0.39, 0.29) is 11.4 Å². The molecule has 2 N–H and O–H groups in total. The van der Waals surface area contributed by atoms with Gasteiger partial charge < -0.3 is 15.0 Å². The van der Waals surface area contributed by atoms with Gasteiger partial charge in [-0.1, -0.05) is 15.9 Å². The lowest BCUT2D eigenvalue weighted by molar-refractivity contribution is 0.445. The van der Waals surface area contributed by atoms with Crippen molar-refractivity contribution in [3.63, 3.8) is 0 Å². The van der Waals surface area contributed by atoms with Crippen molar-refractivity contribution in [3.8, 4) is 11.6 Å². The minimum Gasteiger partial charge on any atom is -0.435 e. The third-order valence-corrected chi connectivity index (χ3v) is 2.79. The molecule has 0 unspecified atom stereocenters. The number of nitrogens with zero attached hydrogens (tertiary/aromatic N) is 2. The number of benzene rings is 1. The van der Waals surface area contributed by atoms with Crippen LogP contribution in [0.3, 0.4) is 0 Å². The number of hydrogen-bond acceptors (Lipinski definition) is 4. The van der Waals surface area contributed by atoms with E-state index in [0.29, 0.717) is 18.0 Å². The molecule has 0 saturated heterocycles. The van der Waals surface area contributed by atoms with Crippen LogP contribution in [0.2, 0.25) is 0 Å². The number of anilines is 1. The van der Waals surface area contributed by atoms with Gasteiger partial charge in [0, 0.05) is 35.2 Å². The average molecular weight is 310 g/mol. The van der Waals surface area contributed by atoms with Gasteiger partial charge in [0.05, 0.1) is 0 Å². The number of nitrogen functional groups attached to an aromatic ring is 1. The molecule has 1 aromatic carbocycles. The molecule has 18 heavy (non-hydrogen) atoms. The summed E-state index contributed by atoms with van der Waals surface area (Å²) in [4.78, 5) is 15.8. The topological polar surface area (TPSA) is 70.1 Å². The molecule has 0 fully saturated rings. The molecule has 0 amide bonds. The van der Waals surface area contributed by atoms with Crippen molar-refractivity contribution in [1.82, 2.24) is 9.55 Å². The Hall–Kier alpha value is -1.82. The molecule has 0 radical (unpaired) electrons. The van der Waals surface area contributed by atoms with Crippen LogP contribution in [0.1, 0.15) is 6.92 Å². The molecule has 1 heterocycles. The fourth-order valence-electron chi connectivity index (χ4n) is 1.50. The first kappa shape index (κ1) is 12.6. The molecule has 0 atom stereocenters. The highest BCUT2D eigenvalue weighted by molar-refractivity contribution is 9.10. The van der Waals surface area contributed by atoms with Gasteiger partial charge in [-0.3, -0.25) is 4.79 Å². The quantitative estimate of drug-likeness (QED) is 0.884. The SMILES string of the molecule is CCn1ccnc(Oc2cc(N)cc(Br)c2)c1=O. The van der Waals surface area contributed by atoms with Gasteiger partial charge in [-0.25, -0.2) is 4.98 Å². The zero-order chi connectivity index (χ0) is 13.1. The van der Waals surface area contributed by atoms with Crippen LogP contribution in [0.5, 0.6) is 11.6 Å². The minimum atomic E-state index is -0.265. The van der Waals surface area contributed by atoms with Crippen molar-refractivity contribution < 1.29 is 4.74 Å². The molecule has 6 heteroatoms.